The van der Waals surface area contributed by atoms with E-state index in [-0.39, 0.29) is 6.04 Å². The van der Waals surface area contributed by atoms with E-state index in [0.29, 0.717) is 5.88 Å². The van der Waals surface area contributed by atoms with Gasteiger partial charge in [-0.3, -0.25) is 9.97 Å². The molecule has 5 nitrogen and oxygen atoms in total. The first-order valence-corrected chi connectivity index (χ1v) is 6.27. The second-order valence-electron chi connectivity index (χ2n) is 4.12. The molecule has 19 heavy (non-hydrogen) atoms. The molecule has 0 aliphatic rings. The van der Waals surface area contributed by atoms with Gasteiger partial charge in [-0.2, -0.15) is 0 Å². The lowest BCUT2D eigenvalue weighted by Gasteiger charge is -2.20. The zero-order chi connectivity index (χ0) is 13.7. The Kier molecular flexibility index (Phi) is 4.41. The average Bonchev–Trinajstić information content (AvgIpc) is 2.46. The maximum Gasteiger partial charge on any atom is 0.237 e. The van der Waals surface area contributed by atoms with Gasteiger partial charge in [0.25, 0.3) is 0 Å². The van der Waals surface area contributed by atoms with Gasteiger partial charge in [-0.1, -0.05) is 13.0 Å². The molecule has 0 amide bonds. The van der Waals surface area contributed by atoms with Gasteiger partial charge < -0.3 is 10.1 Å². The molecule has 2 aromatic heterocycles. The fourth-order valence-corrected chi connectivity index (χ4v) is 2.05. The Labute approximate surface area is 113 Å². The van der Waals surface area contributed by atoms with Crippen molar-refractivity contribution in [2.75, 3.05) is 13.7 Å². The molecule has 2 rings (SSSR count). The zero-order valence-corrected chi connectivity index (χ0v) is 11.4. The molecule has 0 spiro atoms. The summed E-state index contributed by atoms with van der Waals surface area (Å²) in [6, 6.07) is 3.90. The Bertz CT molecular complexity index is 544. The van der Waals surface area contributed by atoms with Gasteiger partial charge in [-0.15, -0.1) is 0 Å². The quantitative estimate of drug-likeness (QED) is 0.887. The number of ether oxygens (including phenoxy) is 1. The molecule has 2 aromatic rings. The average molecular weight is 258 g/mol. The summed E-state index contributed by atoms with van der Waals surface area (Å²) >= 11 is 0. The molecule has 0 saturated heterocycles. The van der Waals surface area contributed by atoms with E-state index in [9.17, 15) is 0 Å². The molecule has 0 radical (unpaired) electrons. The maximum atomic E-state index is 5.30. The van der Waals surface area contributed by atoms with Crippen molar-refractivity contribution in [2.45, 2.75) is 19.9 Å². The number of aryl methyl sites for hydroxylation is 1. The molecule has 1 N–H and O–H groups in total. The number of methoxy groups -OCH3 is 1. The Balaban J connectivity index is 2.49. The minimum atomic E-state index is -0.0673. The molecule has 0 aliphatic heterocycles. The fraction of sp³-hybridized carbons (Fsp3) is 0.357. The third-order valence-electron chi connectivity index (χ3n) is 2.93. The normalized spacial score (nSPS) is 12.2. The molecular weight excluding hydrogens is 240 g/mol. The lowest BCUT2D eigenvalue weighted by molar-refractivity contribution is 0.383. The predicted octanol–water partition coefficient (Wildman–Crippen LogP) is 1.89. The third-order valence-corrected chi connectivity index (χ3v) is 2.93. The van der Waals surface area contributed by atoms with Crippen LogP contribution in [-0.2, 0) is 0 Å². The molecule has 0 aliphatic carbocycles. The molecule has 5 heteroatoms. The van der Waals surface area contributed by atoms with E-state index in [2.05, 4.69) is 27.2 Å². The Morgan fingerprint density at radius 1 is 1.21 bits per heavy atom. The minimum Gasteiger partial charge on any atom is -0.480 e. The highest BCUT2D eigenvalue weighted by atomic mass is 16.5. The highest BCUT2D eigenvalue weighted by molar-refractivity contribution is 5.34. The highest BCUT2D eigenvalue weighted by Gasteiger charge is 2.21. The Hall–Kier alpha value is -2.01. The van der Waals surface area contributed by atoms with Crippen molar-refractivity contribution in [1.82, 2.24) is 20.3 Å². The zero-order valence-electron chi connectivity index (χ0n) is 11.4. The predicted molar refractivity (Wildman–Crippen MR) is 73.1 cm³/mol. The van der Waals surface area contributed by atoms with E-state index in [1.807, 2.05) is 19.1 Å². The lowest BCUT2D eigenvalue weighted by atomic mass is 10.0. The van der Waals surface area contributed by atoms with Gasteiger partial charge in [0.15, 0.2) is 0 Å². The summed E-state index contributed by atoms with van der Waals surface area (Å²) in [5, 5.41) is 3.41. The number of hydrogen-bond acceptors (Lipinski definition) is 5. The molecule has 0 bridgehead atoms. The molecule has 0 saturated carbocycles. The SMILES string of the molecule is CCNC(c1cccnc1C)c1nccnc1OC. The first-order chi connectivity index (χ1) is 9.27. The van der Waals surface area contributed by atoms with Crippen molar-refractivity contribution in [3.63, 3.8) is 0 Å². The topological polar surface area (TPSA) is 59.9 Å². The third kappa shape index (κ3) is 2.88. The summed E-state index contributed by atoms with van der Waals surface area (Å²) in [6.45, 7) is 4.86. The van der Waals surface area contributed by atoms with Crippen LogP contribution in [0.5, 0.6) is 5.88 Å². The van der Waals surface area contributed by atoms with Crippen LogP contribution in [0.3, 0.4) is 0 Å². The summed E-state index contributed by atoms with van der Waals surface area (Å²) < 4.78 is 5.30. The van der Waals surface area contributed by atoms with Crippen LogP contribution < -0.4 is 10.1 Å². The molecule has 1 atom stereocenters. The van der Waals surface area contributed by atoms with E-state index in [1.165, 1.54) is 0 Å². The van der Waals surface area contributed by atoms with E-state index in [0.717, 1.165) is 23.5 Å². The highest BCUT2D eigenvalue weighted by Crippen LogP contribution is 2.27. The Morgan fingerprint density at radius 2 is 2.00 bits per heavy atom. The number of nitrogens with one attached hydrogen (secondary N) is 1. The van der Waals surface area contributed by atoms with Crippen molar-refractivity contribution in [3.05, 3.63) is 47.7 Å². The first-order valence-electron chi connectivity index (χ1n) is 6.27. The van der Waals surface area contributed by atoms with Crippen LogP contribution in [0.4, 0.5) is 0 Å². The van der Waals surface area contributed by atoms with E-state index >= 15 is 0 Å². The van der Waals surface area contributed by atoms with Crippen molar-refractivity contribution in [1.29, 1.82) is 0 Å². The fourth-order valence-electron chi connectivity index (χ4n) is 2.05. The summed E-state index contributed by atoms with van der Waals surface area (Å²) in [5.74, 6) is 0.539. The molecule has 0 aromatic carbocycles. The summed E-state index contributed by atoms with van der Waals surface area (Å²) in [4.78, 5) is 13.0. The minimum absolute atomic E-state index is 0.0673. The van der Waals surface area contributed by atoms with Crippen LogP contribution in [0, 0.1) is 6.92 Å². The van der Waals surface area contributed by atoms with Crippen LogP contribution in [0.15, 0.2) is 30.7 Å². The first kappa shape index (κ1) is 13.4. The second kappa shape index (κ2) is 6.24. The van der Waals surface area contributed by atoms with Crippen LogP contribution in [0.2, 0.25) is 0 Å². The van der Waals surface area contributed by atoms with Crippen LogP contribution in [-0.4, -0.2) is 28.6 Å². The van der Waals surface area contributed by atoms with Crippen molar-refractivity contribution in [3.8, 4) is 5.88 Å². The summed E-state index contributed by atoms with van der Waals surface area (Å²) in [5.41, 5.74) is 2.84. The van der Waals surface area contributed by atoms with E-state index in [4.69, 9.17) is 4.74 Å². The van der Waals surface area contributed by atoms with Gasteiger partial charge in [0.2, 0.25) is 5.88 Å². The van der Waals surface area contributed by atoms with Gasteiger partial charge in [-0.05, 0) is 25.1 Å². The summed E-state index contributed by atoms with van der Waals surface area (Å²) in [6.07, 6.45) is 5.09. The van der Waals surface area contributed by atoms with Gasteiger partial charge in [0, 0.05) is 24.3 Å². The number of aromatic nitrogens is 3. The second-order valence-corrected chi connectivity index (χ2v) is 4.12. The maximum absolute atomic E-state index is 5.30. The van der Waals surface area contributed by atoms with E-state index < -0.39 is 0 Å². The number of rotatable bonds is 5. The van der Waals surface area contributed by atoms with Crippen LogP contribution in [0.1, 0.15) is 29.9 Å². The van der Waals surface area contributed by atoms with Gasteiger partial charge in [-0.25, -0.2) is 4.98 Å². The molecule has 0 fully saturated rings. The monoisotopic (exact) mass is 258 g/mol. The lowest BCUT2D eigenvalue weighted by Crippen LogP contribution is -2.24. The number of pyridine rings is 1. The van der Waals surface area contributed by atoms with Crippen molar-refractivity contribution < 1.29 is 4.74 Å². The molecule has 100 valence electrons. The molecule has 1 unspecified atom stereocenters. The van der Waals surface area contributed by atoms with Crippen molar-refractivity contribution in [2.24, 2.45) is 0 Å². The molecule has 2 heterocycles. The van der Waals surface area contributed by atoms with Crippen LogP contribution >= 0.6 is 0 Å². The van der Waals surface area contributed by atoms with Gasteiger partial charge in [0.1, 0.15) is 5.69 Å². The Morgan fingerprint density at radius 3 is 2.68 bits per heavy atom. The van der Waals surface area contributed by atoms with Gasteiger partial charge >= 0.3 is 0 Å². The number of hydrogen-bond donors (Lipinski definition) is 1. The smallest absolute Gasteiger partial charge is 0.237 e. The van der Waals surface area contributed by atoms with E-state index in [1.54, 1.807) is 25.7 Å². The summed E-state index contributed by atoms with van der Waals surface area (Å²) in [7, 11) is 1.60. The largest absolute Gasteiger partial charge is 0.480 e. The van der Waals surface area contributed by atoms with Gasteiger partial charge in [0.05, 0.1) is 13.2 Å². The molecular formula is C14H18N4O. The van der Waals surface area contributed by atoms with Crippen LogP contribution in [0.25, 0.3) is 0 Å². The number of nitrogens with zero attached hydrogens (tertiary/aromatic N) is 3. The standard InChI is InChI=1S/C14H18N4O/c1-4-15-12(11-6-5-7-16-10(11)2)13-14(19-3)18-9-8-17-13/h5-9,12,15H,4H2,1-3H3. The van der Waals surface area contributed by atoms with Crippen molar-refractivity contribution >= 4 is 0 Å².